The highest BCUT2D eigenvalue weighted by Crippen LogP contribution is 2.43. The number of rotatable bonds is 11. The number of carbonyl (C=O) groups excluding carboxylic acids is 4. The van der Waals surface area contributed by atoms with Crippen LogP contribution in [0.3, 0.4) is 0 Å². The van der Waals surface area contributed by atoms with E-state index in [1.54, 1.807) is 19.2 Å². The quantitative estimate of drug-likeness (QED) is 0.118. The number of hydrogen-bond acceptors (Lipinski definition) is 15. The van der Waals surface area contributed by atoms with E-state index in [4.69, 9.17) is 23.7 Å². The SMILES string of the molecule is COC1=CCc2ccccc21.Cc1ccc2c(c1CN1CCCCC1)O/C(=C\C1=CCc3ccccc31)C2=O.Cc1ccc2c(c1CN1CCCCC1)OCC2=O.Cc1ccc2c(c1CN1CCNCC1)O/C(=C\C1=CCc3ccccc31)C2=O.O=C1COc2c1ccc(O)c2CN1CCCCC1. The minimum Gasteiger partial charge on any atom is -0.507 e. The van der Waals surface area contributed by atoms with Gasteiger partial charge in [-0.1, -0.05) is 122 Å². The Bertz CT molecular complexity index is 4300. The molecule has 0 amide bonds. The largest absolute Gasteiger partial charge is 0.507 e. The number of ether oxygens (including phenoxy) is 5. The van der Waals surface area contributed by atoms with Gasteiger partial charge in [0.15, 0.2) is 24.7 Å². The molecule has 532 valence electrons. The molecule has 0 atom stereocenters. The Morgan fingerprint density at radius 3 is 1.23 bits per heavy atom. The number of ketones is 4. The molecule has 8 heterocycles. The summed E-state index contributed by atoms with van der Waals surface area (Å²) in [6.07, 6.45) is 24.6. The normalized spacial score (nSPS) is 19.3. The Kier molecular flexibility index (Phi) is 22.2. The van der Waals surface area contributed by atoms with Gasteiger partial charge in [0, 0.05) is 74.6 Å². The number of piperazine rings is 1. The molecule has 8 aliphatic heterocycles. The number of benzene rings is 7. The predicted octanol–water partition coefficient (Wildman–Crippen LogP) is 15.3. The third-order valence-electron chi connectivity index (χ3n) is 21.8. The molecule has 0 unspecified atom stereocenters. The number of phenolic OH excluding ortho intramolecular Hbond substituents is 1. The lowest BCUT2D eigenvalue weighted by molar-refractivity contribution is 0.0953. The zero-order valence-electron chi connectivity index (χ0n) is 60.1. The number of methoxy groups -OCH3 is 1. The predicted molar refractivity (Wildman–Crippen MR) is 404 cm³/mol. The van der Waals surface area contributed by atoms with Crippen LogP contribution >= 0.6 is 0 Å². The lowest BCUT2D eigenvalue weighted by Crippen LogP contribution is -2.43. The van der Waals surface area contributed by atoms with E-state index in [1.165, 1.54) is 113 Å². The van der Waals surface area contributed by atoms with Crippen LogP contribution in [0.2, 0.25) is 0 Å². The number of fused-ring (bicyclic) bond motifs is 7. The van der Waals surface area contributed by atoms with Crippen LogP contribution in [0.1, 0.15) is 172 Å². The molecular formula is C88H95N5O10. The van der Waals surface area contributed by atoms with E-state index in [2.05, 4.69) is 125 Å². The van der Waals surface area contributed by atoms with Gasteiger partial charge in [0.2, 0.25) is 23.1 Å². The van der Waals surface area contributed by atoms with Crippen molar-refractivity contribution in [2.24, 2.45) is 0 Å². The fourth-order valence-electron chi connectivity index (χ4n) is 15.8. The molecule has 0 aromatic heterocycles. The molecule has 15 nitrogen and oxygen atoms in total. The summed E-state index contributed by atoms with van der Waals surface area (Å²) in [6.45, 7) is 20.6. The van der Waals surface area contributed by atoms with Crippen LogP contribution in [0.4, 0.5) is 0 Å². The maximum Gasteiger partial charge on any atom is 0.231 e. The van der Waals surface area contributed by atoms with Gasteiger partial charge in [0.05, 0.1) is 34.9 Å². The van der Waals surface area contributed by atoms with Crippen molar-refractivity contribution in [2.45, 2.75) is 124 Å². The van der Waals surface area contributed by atoms with Crippen LogP contribution in [-0.2, 0) is 50.2 Å². The summed E-state index contributed by atoms with van der Waals surface area (Å²) in [5.74, 6) is 5.19. The molecule has 7 aromatic rings. The second kappa shape index (κ2) is 32.5. The van der Waals surface area contributed by atoms with Crippen LogP contribution in [0.15, 0.2) is 163 Å². The molecule has 0 bridgehead atoms. The lowest BCUT2D eigenvalue weighted by Gasteiger charge is -2.28. The fraction of sp³-hybridized carbons (Fsp3) is 0.364. The minimum absolute atomic E-state index is 0.000162. The highest BCUT2D eigenvalue weighted by Gasteiger charge is 2.35. The monoisotopic (exact) mass is 1380 g/mol. The van der Waals surface area contributed by atoms with Crippen molar-refractivity contribution in [1.82, 2.24) is 24.9 Å². The zero-order valence-corrected chi connectivity index (χ0v) is 60.1. The topological polar surface area (TPSA) is 160 Å². The Morgan fingerprint density at radius 1 is 0.408 bits per heavy atom. The lowest BCUT2D eigenvalue weighted by atomic mass is 10.00. The number of hydrogen-bond donors (Lipinski definition) is 2. The summed E-state index contributed by atoms with van der Waals surface area (Å²) in [5.41, 5.74) is 20.4. The summed E-state index contributed by atoms with van der Waals surface area (Å²) in [4.78, 5) is 59.0. The Balaban J connectivity index is 0.000000112. The number of phenols is 1. The van der Waals surface area contributed by atoms with Gasteiger partial charge in [-0.15, -0.1) is 0 Å². The summed E-state index contributed by atoms with van der Waals surface area (Å²) in [6, 6.07) is 40.2. The standard InChI is InChI=1S/C25H25NO2.C24H24N2O2.C15H19NO2.C14H17NO3.C10H10O/c1-17-9-12-21-24(27)23(15-19-11-10-18-7-3-4-8-20(18)19)28-25(21)22(17)16-26-13-5-2-6-14-26;1-16-6-9-20-23(27)22(14-18-8-7-17-4-2-3-5-19(17)18)28-24(20)21(16)15-26-12-10-25-11-13-26;1-11-5-6-12-14(17)10-18-15(12)13(11)9-16-7-3-2-4-8-16;16-12-5-4-10-13(17)9-18-14(10)11(12)8-15-6-2-1-3-7-15;1-11-10-7-6-8-4-2-3-5-9(8)10/h3-4,7-9,11-12,15H,2,5-6,10,13-14,16H2,1H3;2-6,8-9,14,25H,7,10-13,15H2,1H3;5-6H,2-4,7-10H2,1H3;4-5,16H,1-3,6-9H2;2-5,7H,6H2,1H3/b23-15-;22-14-;;;. The first-order valence-corrected chi connectivity index (χ1v) is 37.3. The molecule has 15 heteroatoms. The van der Waals surface area contributed by atoms with E-state index in [9.17, 15) is 24.3 Å². The van der Waals surface area contributed by atoms with E-state index in [0.29, 0.717) is 40.5 Å². The molecular weight excluding hydrogens is 1290 g/mol. The number of carbonyl (C=O) groups is 4. The molecule has 2 N–H and O–H groups in total. The van der Waals surface area contributed by atoms with Gasteiger partial charge >= 0.3 is 0 Å². The average molecular weight is 1380 g/mol. The third kappa shape index (κ3) is 15.9. The van der Waals surface area contributed by atoms with Crippen molar-refractivity contribution < 1.29 is 48.0 Å². The van der Waals surface area contributed by atoms with Crippen LogP contribution < -0.4 is 24.3 Å². The van der Waals surface area contributed by atoms with Gasteiger partial charge in [-0.3, -0.25) is 38.8 Å². The summed E-state index contributed by atoms with van der Waals surface area (Å²) in [5, 5.41) is 13.4. The van der Waals surface area contributed by atoms with Crippen LogP contribution in [0.25, 0.3) is 16.9 Å². The second-order valence-corrected chi connectivity index (χ2v) is 28.7. The van der Waals surface area contributed by atoms with Crippen LogP contribution in [0.5, 0.6) is 28.7 Å². The summed E-state index contributed by atoms with van der Waals surface area (Å²) >= 11 is 0. The van der Waals surface area contributed by atoms with Crippen molar-refractivity contribution in [3.05, 3.63) is 258 Å². The van der Waals surface area contributed by atoms with Crippen LogP contribution in [-0.4, -0.2) is 134 Å². The molecule has 0 saturated carbocycles. The third-order valence-corrected chi connectivity index (χ3v) is 21.8. The molecule has 0 spiro atoms. The molecule has 7 aromatic carbocycles. The maximum atomic E-state index is 13.0. The number of piperidine rings is 3. The number of nitrogens with zero attached hydrogens (tertiary/aromatic N) is 4. The fourth-order valence-corrected chi connectivity index (χ4v) is 15.8. The first-order valence-electron chi connectivity index (χ1n) is 37.3. The Hall–Kier alpha value is -9.48. The minimum atomic E-state index is -0.0122. The number of aryl methyl sites for hydroxylation is 3. The number of Topliss-reactive ketones (excluding diaryl/α,β-unsaturated/α-hetero) is 4. The molecule has 18 rings (SSSR count). The average Bonchev–Trinajstić information content (AvgIpc) is 1.63. The first kappa shape index (κ1) is 70.6. The van der Waals surface area contributed by atoms with Crippen molar-refractivity contribution in [3.8, 4) is 28.7 Å². The van der Waals surface area contributed by atoms with Crippen LogP contribution in [0, 0.1) is 20.8 Å². The Labute approximate surface area is 606 Å². The maximum absolute atomic E-state index is 13.0. The molecule has 11 aliphatic rings. The molecule has 3 aliphatic carbocycles. The molecule has 103 heavy (non-hydrogen) atoms. The summed E-state index contributed by atoms with van der Waals surface area (Å²) < 4.78 is 28.6. The van der Waals surface area contributed by atoms with Gasteiger partial charge < -0.3 is 34.1 Å². The van der Waals surface area contributed by atoms with Gasteiger partial charge in [-0.25, -0.2) is 0 Å². The molecule has 4 saturated heterocycles. The van der Waals surface area contributed by atoms with Gasteiger partial charge in [-0.2, -0.15) is 0 Å². The smallest absolute Gasteiger partial charge is 0.231 e. The van der Waals surface area contributed by atoms with E-state index in [0.717, 1.165) is 161 Å². The number of allylic oxidation sites excluding steroid dienone is 9. The number of aromatic hydroxyl groups is 1. The highest BCUT2D eigenvalue weighted by atomic mass is 16.5. The van der Waals surface area contributed by atoms with E-state index in [-0.39, 0.29) is 42.1 Å². The van der Waals surface area contributed by atoms with Crippen molar-refractivity contribution in [1.29, 1.82) is 0 Å². The molecule has 0 radical (unpaired) electrons. The van der Waals surface area contributed by atoms with Gasteiger partial charge in [0.1, 0.15) is 34.5 Å². The van der Waals surface area contributed by atoms with E-state index in [1.807, 2.05) is 60.7 Å². The first-order chi connectivity index (χ1) is 50.3. The Morgan fingerprint density at radius 2 is 0.777 bits per heavy atom. The summed E-state index contributed by atoms with van der Waals surface area (Å²) in [7, 11) is 1.72. The van der Waals surface area contributed by atoms with Gasteiger partial charge in [0.25, 0.3) is 0 Å². The van der Waals surface area contributed by atoms with E-state index < -0.39 is 0 Å². The highest BCUT2D eigenvalue weighted by molar-refractivity contribution is 6.15. The second-order valence-electron chi connectivity index (χ2n) is 28.7. The van der Waals surface area contributed by atoms with Crippen molar-refractivity contribution >= 4 is 40.0 Å². The number of likely N-dealkylation sites (tertiary alicyclic amines) is 3. The zero-order chi connectivity index (χ0) is 70.9. The van der Waals surface area contributed by atoms with Crippen molar-refractivity contribution in [2.75, 3.05) is 85.8 Å². The van der Waals surface area contributed by atoms with Gasteiger partial charge in [-0.05, 0) is 222 Å². The van der Waals surface area contributed by atoms with E-state index >= 15 is 0 Å². The molecule has 4 fully saturated rings. The van der Waals surface area contributed by atoms with Crippen molar-refractivity contribution in [3.63, 3.8) is 0 Å². The number of nitrogens with one attached hydrogen (secondary N) is 1.